The molecule has 1 aromatic rings. The van der Waals surface area contributed by atoms with Crippen LogP contribution in [0.25, 0.3) is 4.85 Å². The van der Waals surface area contributed by atoms with Crippen molar-refractivity contribution in [2.24, 2.45) is 0 Å². The first-order valence-corrected chi connectivity index (χ1v) is 3.44. The first-order valence-electron chi connectivity index (χ1n) is 3.44. The van der Waals surface area contributed by atoms with Crippen LogP contribution < -0.4 is 0 Å². The zero-order chi connectivity index (χ0) is 9.84. The van der Waals surface area contributed by atoms with Gasteiger partial charge in [0, 0.05) is 0 Å². The summed E-state index contributed by atoms with van der Waals surface area (Å²) in [5.41, 5.74) is 0.0470. The molecular formula is C9H6FNO2. The summed E-state index contributed by atoms with van der Waals surface area (Å²) in [5, 5.41) is 0. The molecule has 0 bridgehead atoms. The van der Waals surface area contributed by atoms with Gasteiger partial charge in [-0.2, -0.15) is 0 Å². The van der Waals surface area contributed by atoms with Crippen LogP contribution in [0.3, 0.4) is 0 Å². The molecule has 0 heterocycles. The normalized spacial score (nSPS) is 9.00. The minimum Gasteiger partial charge on any atom is -0.466 e. The Morgan fingerprint density at radius 1 is 1.62 bits per heavy atom. The maximum absolute atomic E-state index is 12.6. The maximum Gasteiger partial charge on any atom is 0.327 e. The van der Waals surface area contributed by atoms with Crippen LogP contribution in [0, 0.1) is 12.4 Å². The van der Waals surface area contributed by atoms with Gasteiger partial charge in [0.1, 0.15) is 5.82 Å². The monoisotopic (exact) mass is 179 g/mol. The molecule has 0 amide bonds. The maximum atomic E-state index is 12.6. The van der Waals surface area contributed by atoms with Gasteiger partial charge >= 0.3 is 5.97 Å². The van der Waals surface area contributed by atoms with Crippen molar-refractivity contribution in [3.05, 3.63) is 41.0 Å². The SMILES string of the molecule is [C-]#[N+]c1cc(F)ccc1C(=O)OC. The first-order chi connectivity index (χ1) is 6.19. The number of methoxy groups -OCH3 is 1. The van der Waals surface area contributed by atoms with E-state index < -0.39 is 11.8 Å². The number of esters is 1. The summed E-state index contributed by atoms with van der Waals surface area (Å²) < 4.78 is 17.0. The topological polar surface area (TPSA) is 30.7 Å². The van der Waals surface area contributed by atoms with Crippen molar-refractivity contribution >= 4 is 11.7 Å². The number of ether oxygens (including phenoxy) is 1. The Kier molecular flexibility index (Phi) is 2.60. The number of hydrogen-bond acceptors (Lipinski definition) is 2. The summed E-state index contributed by atoms with van der Waals surface area (Å²) in [6.07, 6.45) is 0. The van der Waals surface area contributed by atoms with Crippen LogP contribution in [-0.2, 0) is 4.74 Å². The average Bonchev–Trinajstić information content (AvgIpc) is 2.16. The van der Waals surface area contributed by atoms with Gasteiger partial charge in [0.05, 0.1) is 19.2 Å². The van der Waals surface area contributed by atoms with E-state index in [4.69, 9.17) is 6.57 Å². The molecule has 0 atom stereocenters. The highest BCUT2D eigenvalue weighted by molar-refractivity contribution is 5.95. The van der Waals surface area contributed by atoms with Crippen LogP contribution in [-0.4, -0.2) is 13.1 Å². The molecule has 0 aliphatic heterocycles. The van der Waals surface area contributed by atoms with Crippen LogP contribution in [0.4, 0.5) is 10.1 Å². The standard InChI is InChI=1S/C9H6FNO2/c1-11-8-5-6(10)3-4-7(8)9(12)13-2/h3-5H,2H3. The molecule has 0 aromatic heterocycles. The van der Waals surface area contributed by atoms with Gasteiger partial charge in [-0.15, -0.1) is 0 Å². The number of benzene rings is 1. The number of carbonyl (C=O) groups is 1. The number of nitrogens with zero attached hydrogens (tertiary/aromatic N) is 1. The smallest absolute Gasteiger partial charge is 0.327 e. The summed E-state index contributed by atoms with van der Waals surface area (Å²) in [6.45, 7) is 6.70. The third-order valence-corrected chi connectivity index (χ3v) is 1.49. The van der Waals surface area contributed by atoms with Crippen LogP contribution >= 0.6 is 0 Å². The third kappa shape index (κ3) is 1.82. The Morgan fingerprint density at radius 3 is 2.85 bits per heavy atom. The lowest BCUT2D eigenvalue weighted by Gasteiger charge is -2.00. The molecule has 13 heavy (non-hydrogen) atoms. The Morgan fingerprint density at radius 2 is 2.31 bits per heavy atom. The molecule has 3 nitrogen and oxygen atoms in total. The fourth-order valence-electron chi connectivity index (χ4n) is 0.880. The lowest BCUT2D eigenvalue weighted by molar-refractivity contribution is 0.0602. The third-order valence-electron chi connectivity index (χ3n) is 1.49. The van der Waals surface area contributed by atoms with Crippen LogP contribution in [0.15, 0.2) is 18.2 Å². The summed E-state index contributed by atoms with van der Waals surface area (Å²) in [7, 11) is 1.21. The minimum atomic E-state index is -0.633. The first kappa shape index (κ1) is 9.20. The highest BCUT2D eigenvalue weighted by Gasteiger charge is 2.11. The summed E-state index contributed by atoms with van der Waals surface area (Å²) >= 11 is 0. The number of carbonyl (C=O) groups excluding carboxylic acids is 1. The summed E-state index contributed by atoms with van der Waals surface area (Å²) in [5.74, 6) is -1.18. The molecular weight excluding hydrogens is 173 g/mol. The van der Waals surface area contributed by atoms with Gasteiger partial charge in [-0.3, -0.25) is 0 Å². The van der Waals surface area contributed by atoms with Crippen LogP contribution in [0.2, 0.25) is 0 Å². The van der Waals surface area contributed by atoms with E-state index in [-0.39, 0.29) is 11.3 Å². The molecule has 0 unspecified atom stereocenters. The number of rotatable bonds is 1. The van der Waals surface area contributed by atoms with Gasteiger partial charge < -0.3 is 4.74 Å². The largest absolute Gasteiger partial charge is 0.466 e. The highest BCUT2D eigenvalue weighted by Crippen LogP contribution is 2.20. The second-order valence-corrected chi connectivity index (χ2v) is 2.26. The van der Waals surface area contributed by atoms with Crippen molar-refractivity contribution in [1.82, 2.24) is 0 Å². The Bertz CT molecular complexity index is 382. The molecule has 1 aromatic carbocycles. The van der Waals surface area contributed by atoms with Gasteiger partial charge in [0.25, 0.3) is 0 Å². The van der Waals surface area contributed by atoms with Crippen molar-refractivity contribution in [2.75, 3.05) is 7.11 Å². The van der Waals surface area contributed by atoms with Crippen LogP contribution in [0.1, 0.15) is 10.4 Å². The molecule has 0 saturated heterocycles. The molecule has 0 N–H and O–H groups in total. The van der Waals surface area contributed by atoms with Gasteiger partial charge in [0.2, 0.25) is 5.69 Å². The van der Waals surface area contributed by atoms with Crippen molar-refractivity contribution in [3.8, 4) is 0 Å². The van der Waals surface area contributed by atoms with E-state index in [1.165, 1.54) is 13.2 Å². The Labute approximate surface area is 74.6 Å². The number of hydrogen-bond donors (Lipinski definition) is 0. The highest BCUT2D eigenvalue weighted by atomic mass is 19.1. The molecule has 0 fully saturated rings. The van der Waals surface area contributed by atoms with Gasteiger partial charge in [-0.25, -0.2) is 14.0 Å². The summed E-state index contributed by atoms with van der Waals surface area (Å²) in [4.78, 5) is 14.0. The minimum absolute atomic E-state index is 0.0353. The van der Waals surface area contributed by atoms with Gasteiger partial charge in [-0.05, 0) is 12.1 Å². The predicted octanol–water partition coefficient (Wildman–Crippen LogP) is 2.16. The van der Waals surface area contributed by atoms with E-state index in [1.807, 2.05) is 0 Å². The second kappa shape index (κ2) is 3.68. The van der Waals surface area contributed by atoms with Crippen molar-refractivity contribution < 1.29 is 13.9 Å². The molecule has 1 rings (SSSR count). The van der Waals surface area contributed by atoms with Crippen molar-refractivity contribution in [3.63, 3.8) is 0 Å². The second-order valence-electron chi connectivity index (χ2n) is 2.26. The quantitative estimate of drug-likeness (QED) is 0.488. The Balaban J connectivity index is 3.23. The number of halogens is 1. The van der Waals surface area contributed by atoms with Crippen molar-refractivity contribution in [2.45, 2.75) is 0 Å². The fraction of sp³-hybridized carbons (Fsp3) is 0.111. The van der Waals surface area contributed by atoms with Gasteiger partial charge in [0.15, 0.2) is 0 Å². The lowest BCUT2D eigenvalue weighted by Crippen LogP contribution is -2.01. The fourth-order valence-corrected chi connectivity index (χ4v) is 0.880. The predicted molar refractivity (Wildman–Crippen MR) is 44.0 cm³/mol. The molecule has 4 heteroatoms. The molecule has 0 aliphatic carbocycles. The molecule has 0 aliphatic rings. The zero-order valence-electron chi connectivity index (χ0n) is 6.87. The van der Waals surface area contributed by atoms with E-state index in [1.54, 1.807) is 0 Å². The van der Waals surface area contributed by atoms with E-state index in [2.05, 4.69) is 9.58 Å². The molecule has 0 saturated carbocycles. The van der Waals surface area contributed by atoms with Crippen LogP contribution in [0.5, 0.6) is 0 Å². The van der Waals surface area contributed by atoms with E-state index in [0.29, 0.717) is 0 Å². The lowest BCUT2D eigenvalue weighted by atomic mass is 10.2. The molecule has 0 radical (unpaired) electrons. The van der Waals surface area contributed by atoms with Gasteiger partial charge in [-0.1, -0.05) is 6.07 Å². The Hall–Kier alpha value is -1.89. The summed E-state index contributed by atoms with van der Waals surface area (Å²) in [6, 6.07) is 3.34. The van der Waals surface area contributed by atoms with Crippen molar-refractivity contribution in [1.29, 1.82) is 0 Å². The van der Waals surface area contributed by atoms with E-state index in [0.717, 1.165) is 12.1 Å². The zero-order valence-corrected chi connectivity index (χ0v) is 6.87. The molecule has 0 spiro atoms. The van der Waals surface area contributed by atoms with E-state index in [9.17, 15) is 9.18 Å². The molecule has 66 valence electrons. The van der Waals surface area contributed by atoms with E-state index >= 15 is 0 Å². The average molecular weight is 179 g/mol.